The van der Waals surface area contributed by atoms with Crippen LogP contribution in [-0.2, 0) is 12.0 Å². The summed E-state index contributed by atoms with van der Waals surface area (Å²) in [5.41, 5.74) is 5.54. The van der Waals surface area contributed by atoms with E-state index in [1.807, 2.05) is 42.5 Å². The highest BCUT2D eigenvalue weighted by Crippen LogP contribution is 2.26. The van der Waals surface area contributed by atoms with Gasteiger partial charge in [-0.05, 0) is 52.4 Å². The lowest BCUT2D eigenvalue weighted by Crippen LogP contribution is -2.11. The van der Waals surface area contributed by atoms with Crippen LogP contribution in [0.4, 0.5) is 0 Å². The predicted molar refractivity (Wildman–Crippen MR) is 134 cm³/mol. The molecular formula is C27H24Cl2N2O. The standard InChI is InChI=1S/C27H24Cl2N2O/c1-27(2,3)20-12-8-18(9-13-20)17-32-26-25(30-23-6-4-5-7-24(23)31-26)15-11-19-10-14-21(28)16-22(19)29/h4-16H,17H2,1-3H3/b15-11-. The van der Waals surface area contributed by atoms with Crippen molar-refractivity contribution in [3.05, 3.63) is 99.2 Å². The molecule has 32 heavy (non-hydrogen) atoms. The second-order valence-corrected chi connectivity index (χ2v) is 9.48. The van der Waals surface area contributed by atoms with E-state index in [9.17, 15) is 0 Å². The molecule has 0 unspecified atom stereocenters. The highest BCUT2D eigenvalue weighted by atomic mass is 35.5. The van der Waals surface area contributed by atoms with E-state index in [0.29, 0.717) is 28.2 Å². The molecule has 4 rings (SSSR count). The summed E-state index contributed by atoms with van der Waals surface area (Å²) in [6.07, 6.45) is 3.76. The molecule has 5 heteroatoms. The number of aromatic nitrogens is 2. The van der Waals surface area contributed by atoms with Gasteiger partial charge in [-0.3, -0.25) is 0 Å². The Balaban J connectivity index is 1.63. The lowest BCUT2D eigenvalue weighted by molar-refractivity contribution is 0.293. The summed E-state index contributed by atoms with van der Waals surface area (Å²) >= 11 is 12.3. The van der Waals surface area contributed by atoms with Gasteiger partial charge in [-0.15, -0.1) is 0 Å². The number of benzene rings is 3. The summed E-state index contributed by atoms with van der Waals surface area (Å²) < 4.78 is 6.12. The van der Waals surface area contributed by atoms with Gasteiger partial charge in [-0.25, -0.2) is 9.97 Å². The molecule has 3 aromatic carbocycles. The first-order valence-corrected chi connectivity index (χ1v) is 11.2. The highest BCUT2D eigenvalue weighted by molar-refractivity contribution is 6.35. The van der Waals surface area contributed by atoms with Crippen molar-refractivity contribution in [3.63, 3.8) is 0 Å². The molecule has 0 aliphatic carbocycles. The topological polar surface area (TPSA) is 35.0 Å². The van der Waals surface area contributed by atoms with Crippen molar-refractivity contribution in [1.29, 1.82) is 0 Å². The van der Waals surface area contributed by atoms with Crippen molar-refractivity contribution in [2.45, 2.75) is 32.8 Å². The van der Waals surface area contributed by atoms with Crippen LogP contribution < -0.4 is 4.74 Å². The highest BCUT2D eigenvalue weighted by Gasteiger charge is 2.13. The van der Waals surface area contributed by atoms with Crippen molar-refractivity contribution < 1.29 is 4.74 Å². The van der Waals surface area contributed by atoms with Crippen LogP contribution in [0.1, 0.15) is 43.2 Å². The van der Waals surface area contributed by atoms with Crippen LogP contribution in [-0.4, -0.2) is 9.97 Å². The number of para-hydroxylation sites is 2. The predicted octanol–water partition coefficient (Wildman–Crippen LogP) is 7.98. The quantitative estimate of drug-likeness (QED) is 0.301. The number of nitrogens with zero attached hydrogens (tertiary/aromatic N) is 2. The molecule has 1 heterocycles. The summed E-state index contributed by atoms with van der Waals surface area (Å²) in [5, 5.41) is 1.17. The van der Waals surface area contributed by atoms with Crippen LogP contribution in [0, 0.1) is 0 Å². The average Bonchev–Trinajstić information content (AvgIpc) is 2.76. The molecule has 0 aliphatic heterocycles. The number of hydrogen-bond donors (Lipinski definition) is 0. The van der Waals surface area contributed by atoms with Crippen LogP contribution >= 0.6 is 23.2 Å². The number of rotatable bonds is 5. The van der Waals surface area contributed by atoms with E-state index in [1.165, 1.54) is 5.56 Å². The molecular weight excluding hydrogens is 439 g/mol. The van der Waals surface area contributed by atoms with Gasteiger partial charge in [0.1, 0.15) is 12.3 Å². The summed E-state index contributed by atoms with van der Waals surface area (Å²) in [6, 6.07) is 21.6. The smallest absolute Gasteiger partial charge is 0.240 e. The fraction of sp³-hybridized carbons (Fsp3) is 0.185. The molecule has 0 aliphatic rings. The minimum Gasteiger partial charge on any atom is -0.471 e. The minimum atomic E-state index is 0.115. The molecule has 0 spiro atoms. The van der Waals surface area contributed by atoms with Gasteiger partial charge in [0, 0.05) is 10.0 Å². The molecule has 0 N–H and O–H groups in total. The van der Waals surface area contributed by atoms with Gasteiger partial charge in [0.05, 0.1) is 11.0 Å². The Morgan fingerprint density at radius 1 is 0.844 bits per heavy atom. The fourth-order valence-corrected chi connectivity index (χ4v) is 3.74. The van der Waals surface area contributed by atoms with Crippen LogP contribution in [0.3, 0.4) is 0 Å². The second kappa shape index (κ2) is 9.32. The maximum absolute atomic E-state index is 6.31. The number of hydrogen-bond acceptors (Lipinski definition) is 3. The van der Waals surface area contributed by atoms with E-state index < -0.39 is 0 Å². The first kappa shape index (κ1) is 22.3. The Labute approximate surface area is 198 Å². The zero-order valence-electron chi connectivity index (χ0n) is 18.3. The molecule has 162 valence electrons. The van der Waals surface area contributed by atoms with Crippen molar-refractivity contribution in [3.8, 4) is 5.88 Å². The molecule has 0 fully saturated rings. The first-order chi connectivity index (χ1) is 15.3. The minimum absolute atomic E-state index is 0.115. The number of ether oxygens (including phenoxy) is 1. The van der Waals surface area contributed by atoms with Crippen LogP contribution in [0.25, 0.3) is 23.2 Å². The molecule has 3 nitrogen and oxygen atoms in total. The van der Waals surface area contributed by atoms with Gasteiger partial charge in [-0.1, -0.05) is 92.5 Å². The molecule has 1 aromatic heterocycles. The van der Waals surface area contributed by atoms with Gasteiger partial charge in [0.2, 0.25) is 5.88 Å². The molecule has 0 saturated carbocycles. The Morgan fingerprint density at radius 2 is 1.53 bits per heavy atom. The summed E-state index contributed by atoms with van der Waals surface area (Å²) in [6.45, 7) is 7.01. The molecule has 0 saturated heterocycles. The van der Waals surface area contributed by atoms with E-state index in [1.54, 1.807) is 12.1 Å². The lowest BCUT2D eigenvalue weighted by Gasteiger charge is -2.19. The monoisotopic (exact) mass is 462 g/mol. The summed E-state index contributed by atoms with van der Waals surface area (Å²) in [5.74, 6) is 0.477. The average molecular weight is 463 g/mol. The SMILES string of the molecule is CC(C)(C)c1ccc(COc2nc3ccccc3nc2/C=C\c2ccc(Cl)cc2Cl)cc1. The molecule has 0 bridgehead atoms. The molecule has 0 radical (unpaired) electrons. The van der Waals surface area contributed by atoms with Gasteiger partial charge >= 0.3 is 0 Å². The van der Waals surface area contributed by atoms with E-state index in [-0.39, 0.29) is 5.41 Å². The maximum atomic E-state index is 6.31. The Morgan fingerprint density at radius 3 is 2.19 bits per heavy atom. The lowest BCUT2D eigenvalue weighted by atomic mass is 9.87. The molecule has 0 amide bonds. The van der Waals surface area contributed by atoms with Gasteiger partial charge < -0.3 is 4.74 Å². The summed E-state index contributed by atoms with van der Waals surface area (Å²) in [4.78, 5) is 9.46. The van der Waals surface area contributed by atoms with E-state index in [2.05, 4.69) is 45.0 Å². The summed E-state index contributed by atoms with van der Waals surface area (Å²) in [7, 11) is 0. The third-order valence-electron chi connectivity index (χ3n) is 5.14. The van der Waals surface area contributed by atoms with Gasteiger partial charge in [0.15, 0.2) is 0 Å². The van der Waals surface area contributed by atoms with Gasteiger partial charge in [-0.2, -0.15) is 0 Å². The third-order valence-corrected chi connectivity index (χ3v) is 5.70. The Bertz CT molecular complexity index is 1280. The van der Waals surface area contributed by atoms with Crippen molar-refractivity contribution in [2.75, 3.05) is 0 Å². The van der Waals surface area contributed by atoms with Crippen molar-refractivity contribution >= 4 is 46.4 Å². The number of halogens is 2. The van der Waals surface area contributed by atoms with Crippen LogP contribution in [0.2, 0.25) is 10.0 Å². The third kappa shape index (κ3) is 5.29. The van der Waals surface area contributed by atoms with Gasteiger partial charge in [0.25, 0.3) is 0 Å². The number of fused-ring (bicyclic) bond motifs is 1. The normalized spacial score (nSPS) is 11.9. The van der Waals surface area contributed by atoms with Crippen molar-refractivity contribution in [1.82, 2.24) is 9.97 Å². The van der Waals surface area contributed by atoms with Crippen molar-refractivity contribution in [2.24, 2.45) is 0 Å². The fourth-order valence-electron chi connectivity index (χ4n) is 3.27. The first-order valence-electron chi connectivity index (χ1n) is 10.4. The van der Waals surface area contributed by atoms with Crippen LogP contribution in [0.15, 0.2) is 66.7 Å². The zero-order valence-corrected chi connectivity index (χ0v) is 19.8. The van der Waals surface area contributed by atoms with E-state index >= 15 is 0 Å². The Hall–Kier alpha value is -2.88. The van der Waals surface area contributed by atoms with E-state index in [0.717, 1.165) is 22.2 Å². The second-order valence-electron chi connectivity index (χ2n) is 8.64. The molecule has 0 atom stereocenters. The molecule has 4 aromatic rings. The van der Waals surface area contributed by atoms with E-state index in [4.69, 9.17) is 37.9 Å². The maximum Gasteiger partial charge on any atom is 0.240 e. The largest absolute Gasteiger partial charge is 0.471 e. The van der Waals surface area contributed by atoms with Crippen LogP contribution in [0.5, 0.6) is 5.88 Å². The Kier molecular flexibility index (Phi) is 6.50. The zero-order chi connectivity index (χ0) is 22.7.